The zero-order chi connectivity index (χ0) is 18.5. The normalized spacial score (nSPS) is 10.0. The molecular weight excluding hydrogens is 332 g/mol. The highest BCUT2D eigenvalue weighted by Crippen LogP contribution is 2.07. The van der Waals surface area contributed by atoms with Crippen molar-refractivity contribution in [2.75, 3.05) is 19.7 Å². The van der Waals surface area contributed by atoms with E-state index in [1.165, 1.54) is 0 Å². The number of hydrogen-bond donors (Lipinski definition) is 2. The van der Waals surface area contributed by atoms with Gasteiger partial charge in [0.15, 0.2) is 0 Å². The highest BCUT2D eigenvalue weighted by atomic mass is 16.5. The molecular formula is C20H24N2O4. The minimum atomic E-state index is -0.481. The van der Waals surface area contributed by atoms with Crippen molar-refractivity contribution in [3.8, 4) is 5.75 Å². The van der Waals surface area contributed by atoms with Crippen LogP contribution in [0.2, 0.25) is 0 Å². The molecule has 2 aromatic rings. The van der Waals surface area contributed by atoms with Crippen molar-refractivity contribution in [1.29, 1.82) is 0 Å². The average Bonchev–Trinajstić information content (AvgIpc) is 2.68. The van der Waals surface area contributed by atoms with Gasteiger partial charge in [-0.05, 0) is 24.1 Å². The second kappa shape index (κ2) is 11.5. The molecule has 0 spiro atoms. The Morgan fingerprint density at radius 1 is 0.846 bits per heavy atom. The van der Waals surface area contributed by atoms with Crippen LogP contribution in [0.25, 0.3) is 0 Å². The van der Waals surface area contributed by atoms with Gasteiger partial charge in [0.25, 0.3) is 0 Å². The van der Waals surface area contributed by atoms with Gasteiger partial charge in [-0.15, -0.1) is 0 Å². The lowest BCUT2D eigenvalue weighted by Crippen LogP contribution is -2.30. The molecule has 0 aliphatic carbocycles. The Kier molecular flexibility index (Phi) is 8.55. The first-order valence-corrected chi connectivity index (χ1v) is 8.63. The van der Waals surface area contributed by atoms with Crippen molar-refractivity contribution >= 4 is 12.0 Å². The summed E-state index contributed by atoms with van der Waals surface area (Å²) in [6, 6.07) is 18.9. The van der Waals surface area contributed by atoms with Crippen LogP contribution in [0.1, 0.15) is 18.4 Å². The molecule has 0 bridgehead atoms. The number of benzene rings is 2. The van der Waals surface area contributed by atoms with Crippen molar-refractivity contribution in [2.24, 2.45) is 0 Å². The molecule has 2 rings (SSSR count). The summed E-state index contributed by atoms with van der Waals surface area (Å²) in [6.07, 6.45) is 0.404. The topological polar surface area (TPSA) is 76.7 Å². The number of hydrogen-bond acceptors (Lipinski definition) is 4. The summed E-state index contributed by atoms with van der Waals surface area (Å²) in [5.41, 5.74) is 0.930. The van der Waals surface area contributed by atoms with E-state index in [-0.39, 0.29) is 12.5 Å². The number of amides is 2. The maximum atomic E-state index is 11.7. The summed E-state index contributed by atoms with van der Waals surface area (Å²) >= 11 is 0. The Morgan fingerprint density at radius 2 is 1.54 bits per heavy atom. The lowest BCUT2D eigenvalue weighted by molar-refractivity contribution is -0.121. The SMILES string of the molecule is O=C(CCCNC(=O)OCc1ccccc1)NCCOc1ccccc1. The number of para-hydroxylation sites is 1. The molecule has 0 aromatic heterocycles. The van der Waals surface area contributed by atoms with Crippen LogP contribution in [-0.2, 0) is 16.1 Å². The van der Waals surface area contributed by atoms with E-state index in [4.69, 9.17) is 9.47 Å². The van der Waals surface area contributed by atoms with E-state index in [0.29, 0.717) is 32.5 Å². The average molecular weight is 356 g/mol. The zero-order valence-corrected chi connectivity index (χ0v) is 14.6. The maximum absolute atomic E-state index is 11.7. The van der Waals surface area contributed by atoms with Crippen molar-refractivity contribution in [3.05, 3.63) is 66.2 Å². The summed E-state index contributed by atoms with van der Waals surface area (Å²) in [5, 5.41) is 5.41. The van der Waals surface area contributed by atoms with Crippen molar-refractivity contribution < 1.29 is 19.1 Å². The fourth-order valence-electron chi connectivity index (χ4n) is 2.18. The van der Waals surface area contributed by atoms with Crippen molar-refractivity contribution in [3.63, 3.8) is 0 Å². The Labute approximate surface area is 153 Å². The summed E-state index contributed by atoms with van der Waals surface area (Å²) in [5.74, 6) is 0.709. The smallest absolute Gasteiger partial charge is 0.407 e. The molecule has 2 amide bonds. The molecule has 0 heterocycles. The molecule has 0 aliphatic heterocycles. The molecule has 0 radical (unpaired) electrons. The van der Waals surface area contributed by atoms with Crippen LogP contribution in [0.3, 0.4) is 0 Å². The van der Waals surface area contributed by atoms with Gasteiger partial charge in [0.05, 0.1) is 6.54 Å². The van der Waals surface area contributed by atoms with Crippen LogP contribution in [-0.4, -0.2) is 31.7 Å². The van der Waals surface area contributed by atoms with E-state index in [1.807, 2.05) is 60.7 Å². The first-order valence-electron chi connectivity index (χ1n) is 8.63. The van der Waals surface area contributed by atoms with Gasteiger partial charge in [0.1, 0.15) is 19.0 Å². The van der Waals surface area contributed by atoms with Gasteiger partial charge in [-0.3, -0.25) is 4.79 Å². The fourth-order valence-corrected chi connectivity index (χ4v) is 2.18. The maximum Gasteiger partial charge on any atom is 0.407 e. The highest BCUT2D eigenvalue weighted by Gasteiger charge is 2.04. The second-order valence-electron chi connectivity index (χ2n) is 5.60. The molecule has 0 unspecified atom stereocenters. The number of alkyl carbamates (subject to hydrolysis) is 1. The summed E-state index contributed by atoms with van der Waals surface area (Å²) in [7, 11) is 0. The molecule has 0 fully saturated rings. The molecule has 26 heavy (non-hydrogen) atoms. The van der Waals surface area contributed by atoms with E-state index < -0.39 is 6.09 Å². The third-order valence-electron chi connectivity index (χ3n) is 3.50. The first kappa shape index (κ1) is 19.3. The summed E-state index contributed by atoms with van der Waals surface area (Å²) in [6.45, 7) is 1.48. The van der Waals surface area contributed by atoms with Crippen molar-refractivity contribution in [2.45, 2.75) is 19.4 Å². The minimum absolute atomic E-state index is 0.0684. The molecule has 6 nitrogen and oxygen atoms in total. The van der Waals surface area contributed by atoms with Gasteiger partial charge in [-0.1, -0.05) is 48.5 Å². The predicted molar refractivity (Wildman–Crippen MR) is 98.8 cm³/mol. The summed E-state index contributed by atoms with van der Waals surface area (Å²) in [4.78, 5) is 23.3. The van der Waals surface area contributed by atoms with Crippen LogP contribution in [0, 0.1) is 0 Å². The van der Waals surface area contributed by atoms with E-state index in [1.54, 1.807) is 0 Å². The largest absolute Gasteiger partial charge is 0.492 e. The zero-order valence-electron chi connectivity index (χ0n) is 14.6. The molecule has 138 valence electrons. The Balaban J connectivity index is 1.46. The van der Waals surface area contributed by atoms with Crippen LogP contribution in [0.5, 0.6) is 5.75 Å². The highest BCUT2D eigenvalue weighted by molar-refractivity contribution is 5.75. The van der Waals surface area contributed by atoms with Gasteiger partial charge >= 0.3 is 6.09 Å². The van der Waals surface area contributed by atoms with Crippen LogP contribution in [0.4, 0.5) is 4.79 Å². The van der Waals surface area contributed by atoms with Gasteiger partial charge in [-0.25, -0.2) is 4.79 Å². The molecule has 2 aromatic carbocycles. The van der Waals surface area contributed by atoms with E-state index in [9.17, 15) is 9.59 Å². The van der Waals surface area contributed by atoms with Crippen LogP contribution < -0.4 is 15.4 Å². The Morgan fingerprint density at radius 3 is 2.27 bits per heavy atom. The van der Waals surface area contributed by atoms with Crippen LogP contribution >= 0.6 is 0 Å². The van der Waals surface area contributed by atoms with Gasteiger partial charge in [0, 0.05) is 13.0 Å². The molecule has 0 aliphatic rings. The molecule has 0 saturated carbocycles. The Bertz CT molecular complexity index is 662. The first-order chi connectivity index (χ1) is 12.7. The number of carbonyl (C=O) groups is 2. The quantitative estimate of drug-likeness (QED) is 0.642. The van der Waals surface area contributed by atoms with Gasteiger partial charge in [-0.2, -0.15) is 0 Å². The third-order valence-corrected chi connectivity index (χ3v) is 3.50. The lowest BCUT2D eigenvalue weighted by Gasteiger charge is -2.08. The number of nitrogens with one attached hydrogen (secondary N) is 2. The molecule has 2 N–H and O–H groups in total. The standard InChI is InChI=1S/C20H24N2O4/c23-19(21-14-15-25-18-10-5-2-6-11-18)12-7-13-22-20(24)26-16-17-8-3-1-4-9-17/h1-6,8-11H,7,12-16H2,(H,21,23)(H,22,24). The van der Waals surface area contributed by atoms with Crippen molar-refractivity contribution in [1.82, 2.24) is 10.6 Å². The van der Waals surface area contributed by atoms with E-state index in [2.05, 4.69) is 10.6 Å². The second-order valence-corrected chi connectivity index (χ2v) is 5.60. The Hall–Kier alpha value is -3.02. The number of ether oxygens (including phenoxy) is 2. The fraction of sp³-hybridized carbons (Fsp3) is 0.300. The monoisotopic (exact) mass is 356 g/mol. The molecule has 0 saturated heterocycles. The van der Waals surface area contributed by atoms with Gasteiger partial charge < -0.3 is 20.1 Å². The van der Waals surface area contributed by atoms with E-state index in [0.717, 1.165) is 11.3 Å². The number of carbonyl (C=O) groups excluding carboxylic acids is 2. The third kappa shape index (κ3) is 8.19. The number of rotatable bonds is 10. The molecule has 0 atom stereocenters. The molecule has 6 heteroatoms. The predicted octanol–water partition coefficient (Wildman–Crippen LogP) is 2.89. The van der Waals surface area contributed by atoms with Crippen LogP contribution in [0.15, 0.2) is 60.7 Å². The lowest BCUT2D eigenvalue weighted by atomic mass is 10.2. The van der Waals surface area contributed by atoms with E-state index >= 15 is 0 Å². The summed E-state index contributed by atoms with van der Waals surface area (Å²) < 4.78 is 10.6. The van der Waals surface area contributed by atoms with Gasteiger partial charge in [0.2, 0.25) is 5.91 Å². The minimum Gasteiger partial charge on any atom is -0.492 e.